The molecule has 1 rings (SSSR count). The average Bonchev–Trinajstić information content (AvgIpc) is 2.36. The molecule has 0 aromatic heterocycles. The first-order valence-corrected chi connectivity index (χ1v) is 5.91. The van der Waals surface area contributed by atoms with E-state index >= 15 is 0 Å². The van der Waals surface area contributed by atoms with Crippen molar-refractivity contribution in [3.63, 3.8) is 0 Å². The molecule has 1 amide bonds. The molecule has 0 aliphatic carbocycles. The topological polar surface area (TPSA) is 49.3 Å². The highest BCUT2D eigenvalue weighted by molar-refractivity contribution is 5.76. The quantitative estimate of drug-likeness (QED) is 0.834. The van der Waals surface area contributed by atoms with Gasteiger partial charge >= 0.3 is 6.18 Å². The first kappa shape index (κ1) is 15.5. The van der Waals surface area contributed by atoms with E-state index in [-0.39, 0.29) is 6.61 Å². The summed E-state index contributed by atoms with van der Waals surface area (Å²) in [5, 5.41) is 11.5. The second kappa shape index (κ2) is 7.13. The molecule has 0 heterocycles. The maximum Gasteiger partial charge on any atom is 0.389 e. The fourth-order valence-corrected chi connectivity index (χ4v) is 1.61. The van der Waals surface area contributed by atoms with Crippen LogP contribution in [0, 0.1) is 0 Å². The lowest BCUT2D eigenvalue weighted by atomic mass is 10.1. The van der Waals surface area contributed by atoms with Crippen LogP contribution < -0.4 is 5.32 Å². The molecule has 0 bridgehead atoms. The molecule has 6 heteroatoms. The normalized spacial score (nSPS) is 13.1. The van der Waals surface area contributed by atoms with Crippen LogP contribution in [0.2, 0.25) is 0 Å². The maximum absolute atomic E-state index is 12.0. The SMILES string of the molecule is O=C(CCC(F)(F)F)N[C@@H](CO)Cc1ccccc1. The minimum absolute atomic E-state index is 0.313. The van der Waals surface area contributed by atoms with Gasteiger partial charge in [0.25, 0.3) is 0 Å². The highest BCUT2D eigenvalue weighted by Crippen LogP contribution is 2.21. The number of hydrogen-bond donors (Lipinski definition) is 2. The summed E-state index contributed by atoms with van der Waals surface area (Å²) in [6.07, 6.45) is -5.72. The number of hydrogen-bond acceptors (Lipinski definition) is 2. The molecule has 1 aromatic carbocycles. The Bertz CT molecular complexity index is 393. The lowest BCUT2D eigenvalue weighted by Gasteiger charge is -2.16. The van der Waals surface area contributed by atoms with E-state index in [4.69, 9.17) is 5.11 Å². The van der Waals surface area contributed by atoms with E-state index in [0.29, 0.717) is 6.42 Å². The van der Waals surface area contributed by atoms with Crippen LogP contribution in [-0.4, -0.2) is 29.8 Å². The summed E-state index contributed by atoms with van der Waals surface area (Å²) >= 11 is 0. The fraction of sp³-hybridized carbons (Fsp3) is 0.462. The molecule has 19 heavy (non-hydrogen) atoms. The van der Waals surface area contributed by atoms with Crippen LogP contribution in [0.15, 0.2) is 30.3 Å². The third-order valence-corrected chi connectivity index (χ3v) is 2.55. The number of rotatable bonds is 6. The first-order valence-electron chi connectivity index (χ1n) is 5.91. The Labute approximate surface area is 109 Å². The zero-order valence-electron chi connectivity index (χ0n) is 10.3. The van der Waals surface area contributed by atoms with Crippen LogP contribution in [0.3, 0.4) is 0 Å². The van der Waals surface area contributed by atoms with E-state index < -0.39 is 31.0 Å². The van der Waals surface area contributed by atoms with Crippen molar-refractivity contribution in [1.82, 2.24) is 5.32 Å². The summed E-state index contributed by atoms with van der Waals surface area (Å²) in [5.41, 5.74) is 0.901. The summed E-state index contributed by atoms with van der Waals surface area (Å²) in [6, 6.07) is 8.54. The van der Waals surface area contributed by atoms with Crippen LogP contribution >= 0.6 is 0 Å². The lowest BCUT2D eigenvalue weighted by Crippen LogP contribution is -2.39. The molecule has 0 radical (unpaired) electrons. The monoisotopic (exact) mass is 275 g/mol. The number of aliphatic hydroxyl groups excluding tert-OH is 1. The van der Waals surface area contributed by atoms with Crippen molar-refractivity contribution >= 4 is 5.91 Å². The number of benzene rings is 1. The summed E-state index contributed by atoms with van der Waals surface area (Å²) in [4.78, 5) is 11.3. The Morgan fingerprint density at radius 1 is 1.26 bits per heavy atom. The van der Waals surface area contributed by atoms with E-state index in [1.165, 1.54) is 0 Å². The summed E-state index contributed by atoms with van der Waals surface area (Å²) in [5.74, 6) is -0.702. The van der Waals surface area contributed by atoms with E-state index in [1.807, 2.05) is 30.3 Å². The molecule has 1 atom stereocenters. The highest BCUT2D eigenvalue weighted by Gasteiger charge is 2.28. The molecule has 1 aromatic rings. The van der Waals surface area contributed by atoms with E-state index in [1.54, 1.807) is 0 Å². The van der Waals surface area contributed by atoms with Gasteiger partial charge in [0.15, 0.2) is 0 Å². The van der Waals surface area contributed by atoms with Crippen molar-refractivity contribution < 1.29 is 23.1 Å². The minimum Gasteiger partial charge on any atom is -0.394 e. The largest absolute Gasteiger partial charge is 0.394 e. The number of nitrogens with one attached hydrogen (secondary N) is 1. The van der Waals surface area contributed by atoms with E-state index in [2.05, 4.69) is 5.32 Å². The predicted molar refractivity (Wildman–Crippen MR) is 64.5 cm³/mol. The average molecular weight is 275 g/mol. The van der Waals surface area contributed by atoms with Gasteiger partial charge in [0.1, 0.15) is 0 Å². The third-order valence-electron chi connectivity index (χ3n) is 2.55. The number of halogens is 3. The van der Waals surface area contributed by atoms with Crippen molar-refractivity contribution in [2.45, 2.75) is 31.5 Å². The molecular weight excluding hydrogens is 259 g/mol. The van der Waals surface area contributed by atoms with Crippen LogP contribution in [0.25, 0.3) is 0 Å². The highest BCUT2D eigenvalue weighted by atomic mass is 19.4. The summed E-state index contributed by atoms with van der Waals surface area (Å²) in [7, 11) is 0. The van der Waals surface area contributed by atoms with Gasteiger partial charge in [-0.15, -0.1) is 0 Å². The first-order chi connectivity index (χ1) is 8.90. The number of carbonyl (C=O) groups is 1. The van der Waals surface area contributed by atoms with E-state index in [9.17, 15) is 18.0 Å². The Morgan fingerprint density at radius 2 is 1.89 bits per heavy atom. The van der Waals surface area contributed by atoms with Crippen molar-refractivity contribution in [3.05, 3.63) is 35.9 Å². The summed E-state index contributed by atoms with van der Waals surface area (Å²) < 4.78 is 35.9. The maximum atomic E-state index is 12.0. The lowest BCUT2D eigenvalue weighted by molar-refractivity contribution is -0.144. The second-order valence-corrected chi connectivity index (χ2v) is 4.25. The van der Waals surface area contributed by atoms with Gasteiger partial charge in [0, 0.05) is 6.42 Å². The van der Waals surface area contributed by atoms with Crippen LogP contribution in [0.5, 0.6) is 0 Å². The smallest absolute Gasteiger partial charge is 0.389 e. The fourth-order valence-electron chi connectivity index (χ4n) is 1.61. The number of amides is 1. The van der Waals surface area contributed by atoms with Crippen molar-refractivity contribution in [1.29, 1.82) is 0 Å². The standard InChI is InChI=1S/C13H16F3NO2/c14-13(15,16)7-6-12(19)17-11(9-18)8-10-4-2-1-3-5-10/h1-5,11,18H,6-9H2,(H,17,19)/t11-/m1/s1. The predicted octanol–water partition coefficient (Wildman–Crippen LogP) is 2.05. The molecule has 0 unspecified atom stereocenters. The molecule has 0 saturated carbocycles. The van der Waals surface area contributed by atoms with Gasteiger partial charge in [-0.3, -0.25) is 4.79 Å². The molecule has 0 fully saturated rings. The Balaban J connectivity index is 2.42. The van der Waals surface area contributed by atoms with Crippen LogP contribution in [-0.2, 0) is 11.2 Å². The molecule has 0 spiro atoms. The van der Waals surface area contributed by atoms with Gasteiger partial charge in [-0.25, -0.2) is 0 Å². The molecule has 3 nitrogen and oxygen atoms in total. The number of carbonyl (C=O) groups excluding carboxylic acids is 1. The van der Waals surface area contributed by atoms with E-state index in [0.717, 1.165) is 5.56 Å². The number of aliphatic hydroxyl groups is 1. The molecule has 106 valence electrons. The molecule has 0 aliphatic rings. The minimum atomic E-state index is -4.34. The van der Waals surface area contributed by atoms with Gasteiger partial charge in [0.05, 0.1) is 19.1 Å². The Morgan fingerprint density at radius 3 is 2.42 bits per heavy atom. The second-order valence-electron chi connectivity index (χ2n) is 4.25. The number of alkyl halides is 3. The van der Waals surface area contributed by atoms with Crippen molar-refractivity contribution in [2.75, 3.05) is 6.61 Å². The van der Waals surface area contributed by atoms with Gasteiger partial charge in [-0.2, -0.15) is 13.2 Å². The molecule has 0 saturated heterocycles. The van der Waals surface area contributed by atoms with Crippen LogP contribution in [0.4, 0.5) is 13.2 Å². The zero-order valence-corrected chi connectivity index (χ0v) is 10.3. The third kappa shape index (κ3) is 6.81. The molecule has 0 aliphatic heterocycles. The van der Waals surface area contributed by atoms with Gasteiger partial charge in [-0.05, 0) is 12.0 Å². The van der Waals surface area contributed by atoms with Gasteiger partial charge < -0.3 is 10.4 Å². The Hall–Kier alpha value is -1.56. The van der Waals surface area contributed by atoms with Crippen molar-refractivity contribution in [3.8, 4) is 0 Å². The summed E-state index contributed by atoms with van der Waals surface area (Å²) in [6.45, 7) is -0.313. The molecule has 2 N–H and O–H groups in total. The van der Waals surface area contributed by atoms with Crippen molar-refractivity contribution in [2.24, 2.45) is 0 Å². The van der Waals surface area contributed by atoms with Gasteiger partial charge in [0.2, 0.25) is 5.91 Å². The van der Waals surface area contributed by atoms with Gasteiger partial charge in [-0.1, -0.05) is 30.3 Å². The zero-order chi connectivity index (χ0) is 14.3. The Kier molecular flexibility index (Phi) is 5.82. The molecular formula is C13H16F3NO2. The van der Waals surface area contributed by atoms with Crippen LogP contribution in [0.1, 0.15) is 18.4 Å².